The number of hydrogen-bond donors (Lipinski definition) is 0. The van der Waals surface area contributed by atoms with Crippen LogP contribution in [0, 0.1) is 6.92 Å². The summed E-state index contributed by atoms with van der Waals surface area (Å²) < 4.78 is 5.49. The second kappa shape index (κ2) is 5.13. The van der Waals surface area contributed by atoms with E-state index in [4.69, 9.17) is 16.3 Å². The van der Waals surface area contributed by atoms with Crippen molar-refractivity contribution in [3.8, 4) is 5.75 Å². The van der Waals surface area contributed by atoms with Gasteiger partial charge in [0.05, 0.1) is 6.61 Å². The van der Waals surface area contributed by atoms with Gasteiger partial charge in [0.25, 0.3) is 0 Å². The lowest BCUT2D eigenvalue weighted by Crippen LogP contribution is -1.96. The van der Waals surface area contributed by atoms with E-state index >= 15 is 0 Å². The van der Waals surface area contributed by atoms with E-state index in [0.717, 1.165) is 18.8 Å². The summed E-state index contributed by atoms with van der Waals surface area (Å²) in [4.78, 5) is 0. The predicted octanol–water partition coefficient (Wildman–Crippen LogP) is 3.52. The Balaban J connectivity index is 2.71. The highest BCUT2D eigenvalue weighted by Gasteiger charge is 1.98. The van der Waals surface area contributed by atoms with E-state index in [2.05, 4.69) is 13.8 Å². The maximum absolute atomic E-state index is 5.75. The van der Waals surface area contributed by atoms with Gasteiger partial charge in [0.2, 0.25) is 0 Å². The fraction of sp³-hybridized carbons (Fsp3) is 0.455. The molecule has 0 unspecified atom stereocenters. The molecule has 0 saturated heterocycles. The van der Waals surface area contributed by atoms with E-state index in [1.807, 2.05) is 18.2 Å². The van der Waals surface area contributed by atoms with Crippen LogP contribution in [0.15, 0.2) is 18.2 Å². The highest BCUT2D eigenvalue weighted by Crippen LogP contribution is 2.18. The Morgan fingerprint density at radius 1 is 1.38 bits per heavy atom. The molecule has 0 fully saturated rings. The van der Waals surface area contributed by atoms with Crippen LogP contribution >= 0.6 is 11.6 Å². The zero-order chi connectivity index (χ0) is 9.68. The Bertz CT molecular complexity index is 271. The smallest absolute Gasteiger partial charge is 0.119 e. The van der Waals surface area contributed by atoms with Gasteiger partial charge >= 0.3 is 0 Å². The molecule has 2 heteroatoms. The highest BCUT2D eigenvalue weighted by molar-refractivity contribution is 6.17. The van der Waals surface area contributed by atoms with Crippen LogP contribution in [0.2, 0.25) is 0 Å². The molecule has 0 aliphatic rings. The summed E-state index contributed by atoms with van der Waals surface area (Å²) in [6.07, 6.45) is 1.04. The molecule has 0 radical (unpaired) electrons. The molecular weight excluding hydrogens is 184 g/mol. The number of rotatable bonds is 4. The van der Waals surface area contributed by atoms with Gasteiger partial charge < -0.3 is 4.74 Å². The van der Waals surface area contributed by atoms with Gasteiger partial charge in [-0.05, 0) is 36.6 Å². The molecular formula is C11H15ClO. The molecule has 72 valence electrons. The lowest BCUT2D eigenvalue weighted by molar-refractivity contribution is 0.317. The number of alkyl halides is 1. The summed E-state index contributed by atoms with van der Waals surface area (Å²) in [6, 6.07) is 6.03. The van der Waals surface area contributed by atoms with Crippen molar-refractivity contribution in [1.82, 2.24) is 0 Å². The average molecular weight is 199 g/mol. The molecule has 0 heterocycles. The van der Waals surface area contributed by atoms with Gasteiger partial charge in [-0.15, -0.1) is 11.6 Å². The van der Waals surface area contributed by atoms with E-state index in [1.54, 1.807) is 0 Å². The van der Waals surface area contributed by atoms with Crippen LogP contribution in [0.5, 0.6) is 5.75 Å². The van der Waals surface area contributed by atoms with Gasteiger partial charge in [-0.1, -0.05) is 13.0 Å². The van der Waals surface area contributed by atoms with Crippen molar-refractivity contribution < 1.29 is 4.74 Å². The van der Waals surface area contributed by atoms with E-state index in [0.29, 0.717) is 5.88 Å². The van der Waals surface area contributed by atoms with Gasteiger partial charge in [-0.2, -0.15) is 0 Å². The number of benzene rings is 1. The Hall–Kier alpha value is -0.690. The van der Waals surface area contributed by atoms with Crippen LogP contribution < -0.4 is 4.74 Å². The SMILES string of the molecule is CCCOc1ccc(CCl)c(C)c1. The Morgan fingerprint density at radius 3 is 2.69 bits per heavy atom. The average Bonchev–Trinajstić information content (AvgIpc) is 2.15. The molecule has 1 aromatic carbocycles. The van der Waals surface area contributed by atoms with Crippen molar-refractivity contribution in [3.05, 3.63) is 29.3 Å². The van der Waals surface area contributed by atoms with E-state index in [1.165, 1.54) is 11.1 Å². The lowest BCUT2D eigenvalue weighted by Gasteiger charge is -2.07. The minimum absolute atomic E-state index is 0.569. The van der Waals surface area contributed by atoms with Crippen molar-refractivity contribution in [2.45, 2.75) is 26.1 Å². The van der Waals surface area contributed by atoms with Crippen LogP contribution in [-0.2, 0) is 5.88 Å². The standard InChI is InChI=1S/C11H15ClO/c1-3-6-13-11-5-4-10(8-12)9(2)7-11/h4-5,7H,3,6,8H2,1-2H3. The van der Waals surface area contributed by atoms with Gasteiger partial charge in [0.1, 0.15) is 5.75 Å². The Morgan fingerprint density at radius 2 is 2.15 bits per heavy atom. The van der Waals surface area contributed by atoms with Gasteiger partial charge in [0, 0.05) is 5.88 Å². The molecule has 1 nitrogen and oxygen atoms in total. The third kappa shape index (κ3) is 2.92. The van der Waals surface area contributed by atoms with Crippen molar-refractivity contribution in [2.75, 3.05) is 6.61 Å². The summed E-state index contributed by atoms with van der Waals surface area (Å²) in [5.74, 6) is 1.51. The monoisotopic (exact) mass is 198 g/mol. The van der Waals surface area contributed by atoms with E-state index < -0.39 is 0 Å². The zero-order valence-electron chi connectivity index (χ0n) is 8.14. The molecule has 1 rings (SSSR count). The first-order chi connectivity index (χ1) is 6.27. The summed E-state index contributed by atoms with van der Waals surface area (Å²) >= 11 is 5.75. The minimum Gasteiger partial charge on any atom is -0.494 e. The van der Waals surface area contributed by atoms with Gasteiger partial charge in [-0.3, -0.25) is 0 Å². The number of ether oxygens (including phenoxy) is 1. The third-order valence-corrected chi connectivity index (χ3v) is 2.22. The predicted molar refractivity (Wildman–Crippen MR) is 56.5 cm³/mol. The molecule has 0 spiro atoms. The van der Waals surface area contributed by atoms with Crippen LogP contribution in [0.4, 0.5) is 0 Å². The summed E-state index contributed by atoms with van der Waals surface area (Å²) in [5.41, 5.74) is 2.37. The number of halogens is 1. The van der Waals surface area contributed by atoms with Crippen molar-refractivity contribution in [2.24, 2.45) is 0 Å². The van der Waals surface area contributed by atoms with Crippen LogP contribution in [0.1, 0.15) is 24.5 Å². The fourth-order valence-corrected chi connectivity index (χ4v) is 1.43. The second-order valence-electron chi connectivity index (χ2n) is 3.07. The molecule has 13 heavy (non-hydrogen) atoms. The summed E-state index contributed by atoms with van der Waals surface area (Å²) in [7, 11) is 0. The molecule has 0 aliphatic carbocycles. The second-order valence-corrected chi connectivity index (χ2v) is 3.34. The van der Waals surface area contributed by atoms with E-state index in [-0.39, 0.29) is 0 Å². The zero-order valence-corrected chi connectivity index (χ0v) is 8.90. The molecule has 0 amide bonds. The minimum atomic E-state index is 0.569. The van der Waals surface area contributed by atoms with E-state index in [9.17, 15) is 0 Å². The van der Waals surface area contributed by atoms with Crippen LogP contribution in [0.25, 0.3) is 0 Å². The number of hydrogen-bond acceptors (Lipinski definition) is 1. The molecule has 0 bridgehead atoms. The molecule has 0 saturated carbocycles. The first kappa shape index (κ1) is 10.4. The summed E-state index contributed by atoms with van der Waals surface area (Å²) in [6.45, 7) is 4.93. The number of aryl methyl sites for hydroxylation is 1. The van der Waals surface area contributed by atoms with Crippen molar-refractivity contribution >= 4 is 11.6 Å². The van der Waals surface area contributed by atoms with Crippen molar-refractivity contribution in [3.63, 3.8) is 0 Å². The first-order valence-electron chi connectivity index (χ1n) is 4.56. The van der Waals surface area contributed by atoms with Gasteiger partial charge in [0.15, 0.2) is 0 Å². The van der Waals surface area contributed by atoms with Crippen molar-refractivity contribution in [1.29, 1.82) is 0 Å². The fourth-order valence-electron chi connectivity index (χ4n) is 1.13. The maximum atomic E-state index is 5.75. The first-order valence-corrected chi connectivity index (χ1v) is 5.09. The highest BCUT2D eigenvalue weighted by atomic mass is 35.5. The molecule has 0 N–H and O–H groups in total. The Labute approximate surface area is 84.7 Å². The Kier molecular flexibility index (Phi) is 4.10. The maximum Gasteiger partial charge on any atom is 0.119 e. The quantitative estimate of drug-likeness (QED) is 0.673. The van der Waals surface area contributed by atoms with Gasteiger partial charge in [-0.25, -0.2) is 0 Å². The van der Waals surface area contributed by atoms with Crippen LogP contribution in [0.3, 0.4) is 0 Å². The topological polar surface area (TPSA) is 9.23 Å². The molecule has 1 aromatic rings. The largest absolute Gasteiger partial charge is 0.494 e. The molecule has 0 aliphatic heterocycles. The normalized spacial score (nSPS) is 10.1. The molecule has 0 aromatic heterocycles. The summed E-state index contributed by atoms with van der Waals surface area (Å²) in [5, 5.41) is 0. The molecule has 0 atom stereocenters. The third-order valence-electron chi connectivity index (χ3n) is 1.93. The van der Waals surface area contributed by atoms with Crippen LogP contribution in [-0.4, -0.2) is 6.61 Å². The lowest BCUT2D eigenvalue weighted by atomic mass is 10.1.